The molecule has 1 saturated heterocycles. The fraction of sp³-hybridized carbons (Fsp3) is 0.348. The molecule has 1 aromatic carbocycles. The highest BCUT2D eigenvalue weighted by molar-refractivity contribution is 7.15. The summed E-state index contributed by atoms with van der Waals surface area (Å²) < 4.78 is 3.42. The first-order valence-electron chi connectivity index (χ1n) is 10.5. The number of rotatable bonds is 5. The predicted octanol–water partition coefficient (Wildman–Crippen LogP) is 4.12. The maximum absolute atomic E-state index is 12.2. The van der Waals surface area contributed by atoms with Crippen LogP contribution in [0.1, 0.15) is 35.0 Å². The average Bonchev–Trinajstić information content (AvgIpc) is 3.45. The van der Waals surface area contributed by atoms with Gasteiger partial charge in [-0.05, 0) is 56.1 Å². The Labute approximate surface area is 185 Å². The number of anilines is 2. The molecule has 8 heteroatoms. The van der Waals surface area contributed by atoms with Gasteiger partial charge in [-0.1, -0.05) is 12.1 Å². The molecule has 1 atom stereocenters. The Morgan fingerprint density at radius 1 is 1.16 bits per heavy atom. The van der Waals surface area contributed by atoms with Crippen LogP contribution < -0.4 is 11.0 Å². The molecule has 7 nitrogen and oxygen atoms in total. The van der Waals surface area contributed by atoms with E-state index in [0.29, 0.717) is 0 Å². The van der Waals surface area contributed by atoms with Crippen molar-refractivity contribution in [1.82, 2.24) is 24.0 Å². The third kappa shape index (κ3) is 3.77. The van der Waals surface area contributed by atoms with E-state index in [9.17, 15) is 4.79 Å². The fourth-order valence-electron chi connectivity index (χ4n) is 4.46. The maximum Gasteiger partial charge on any atom is 0.328 e. The van der Waals surface area contributed by atoms with Crippen molar-refractivity contribution in [3.05, 3.63) is 69.2 Å². The topological polar surface area (TPSA) is 68.0 Å². The van der Waals surface area contributed by atoms with E-state index in [4.69, 9.17) is 4.98 Å². The molecule has 160 valence electrons. The largest absolute Gasteiger partial charge is 0.328 e. The Morgan fingerprint density at radius 3 is 2.81 bits per heavy atom. The number of likely N-dealkylation sites (tertiary alicyclic amines) is 1. The highest BCUT2D eigenvalue weighted by Crippen LogP contribution is 2.33. The van der Waals surface area contributed by atoms with Crippen LogP contribution in [-0.4, -0.2) is 30.5 Å². The van der Waals surface area contributed by atoms with E-state index in [-0.39, 0.29) is 11.7 Å². The van der Waals surface area contributed by atoms with Crippen LogP contribution in [0.15, 0.2) is 47.4 Å². The van der Waals surface area contributed by atoms with Crippen LogP contribution in [-0.2, 0) is 20.6 Å². The van der Waals surface area contributed by atoms with Gasteiger partial charge in [-0.2, -0.15) is 0 Å². The number of imidazole rings is 1. The first kappa shape index (κ1) is 20.0. The summed E-state index contributed by atoms with van der Waals surface area (Å²) in [6.07, 6.45) is 4.12. The number of hydrogen-bond donors (Lipinski definition) is 1. The minimum atomic E-state index is 0.00939. The number of benzene rings is 1. The molecule has 1 fully saturated rings. The third-order valence-corrected chi connectivity index (χ3v) is 6.88. The van der Waals surface area contributed by atoms with Crippen molar-refractivity contribution >= 4 is 33.3 Å². The molecule has 0 aliphatic carbocycles. The van der Waals surface area contributed by atoms with E-state index in [1.807, 2.05) is 33.3 Å². The van der Waals surface area contributed by atoms with Gasteiger partial charge >= 0.3 is 5.69 Å². The Bertz CT molecular complexity index is 1300. The summed E-state index contributed by atoms with van der Waals surface area (Å²) in [4.78, 5) is 25.2. The van der Waals surface area contributed by atoms with Gasteiger partial charge in [0.1, 0.15) is 5.82 Å². The number of nitrogens with one attached hydrogen (secondary N) is 1. The standard InChI is InChI=1S/C23H26N6OS/c1-15-13-24-22(31-15)26-21-8-4-6-17(25-21)18-7-5-11-29(18)14-16-9-10-19-20(12-16)28(3)23(30)27(19)2/h4,6,8-10,12-13,18H,5,7,11,14H2,1-3H3,(H,24,25,26)/t18-/m0/s1. The molecule has 0 radical (unpaired) electrons. The molecule has 4 aromatic rings. The van der Waals surface area contributed by atoms with Crippen molar-refractivity contribution in [2.45, 2.75) is 32.4 Å². The van der Waals surface area contributed by atoms with Gasteiger partial charge in [0, 0.05) is 31.7 Å². The van der Waals surface area contributed by atoms with Gasteiger partial charge in [0.05, 0.1) is 22.8 Å². The summed E-state index contributed by atoms with van der Waals surface area (Å²) in [7, 11) is 3.65. The van der Waals surface area contributed by atoms with Gasteiger partial charge in [0.15, 0.2) is 5.13 Å². The summed E-state index contributed by atoms with van der Waals surface area (Å²) in [6.45, 7) is 3.93. The second-order valence-corrected chi connectivity index (χ2v) is 9.44. The highest BCUT2D eigenvalue weighted by Gasteiger charge is 2.27. The van der Waals surface area contributed by atoms with Crippen LogP contribution in [0.5, 0.6) is 0 Å². The summed E-state index contributed by atoms with van der Waals surface area (Å²) in [5, 5.41) is 4.20. The second kappa shape index (κ2) is 7.94. The van der Waals surface area contributed by atoms with Crippen LogP contribution in [0.2, 0.25) is 0 Å². The van der Waals surface area contributed by atoms with Crippen molar-refractivity contribution in [2.75, 3.05) is 11.9 Å². The number of nitrogens with zero attached hydrogens (tertiary/aromatic N) is 5. The molecule has 31 heavy (non-hydrogen) atoms. The average molecular weight is 435 g/mol. The molecular weight excluding hydrogens is 408 g/mol. The van der Waals surface area contributed by atoms with Crippen molar-refractivity contribution in [3.8, 4) is 0 Å². The molecule has 1 aliphatic heterocycles. The van der Waals surface area contributed by atoms with Gasteiger partial charge in [-0.3, -0.25) is 14.0 Å². The molecule has 5 rings (SSSR count). The minimum Gasteiger partial charge on any atom is -0.316 e. The van der Waals surface area contributed by atoms with Crippen LogP contribution in [0.3, 0.4) is 0 Å². The van der Waals surface area contributed by atoms with Crippen molar-refractivity contribution in [1.29, 1.82) is 0 Å². The van der Waals surface area contributed by atoms with E-state index in [2.05, 4.69) is 45.5 Å². The number of pyridine rings is 1. The Morgan fingerprint density at radius 2 is 2.00 bits per heavy atom. The summed E-state index contributed by atoms with van der Waals surface area (Å²) in [6, 6.07) is 12.8. The molecule has 1 aliphatic rings. The van der Waals surface area contributed by atoms with E-state index >= 15 is 0 Å². The lowest BCUT2D eigenvalue weighted by molar-refractivity contribution is 0.244. The smallest absolute Gasteiger partial charge is 0.316 e. The Kier molecular flexibility index (Phi) is 5.11. The summed E-state index contributed by atoms with van der Waals surface area (Å²) in [5.74, 6) is 0.833. The SMILES string of the molecule is Cc1cnc(Nc2cccc([C@@H]3CCCN3Cc3ccc4c(c3)n(C)c(=O)n4C)n2)s1. The number of hydrogen-bond acceptors (Lipinski definition) is 6. The van der Waals surface area contributed by atoms with Crippen LogP contribution in [0.25, 0.3) is 11.0 Å². The normalized spacial score (nSPS) is 16.9. The monoisotopic (exact) mass is 434 g/mol. The van der Waals surface area contributed by atoms with Gasteiger partial charge in [-0.15, -0.1) is 11.3 Å². The van der Waals surface area contributed by atoms with E-state index in [1.54, 1.807) is 20.5 Å². The lowest BCUT2D eigenvalue weighted by Crippen LogP contribution is -2.23. The van der Waals surface area contributed by atoms with Gasteiger partial charge < -0.3 is 5.32 Å². The molecule has 0 bridgehead atoms. The van der Waals surface area contributed by atoms with Crippen molar-refractivity contribution in [3.63, 3.8) is 0 Å². The zero-order valence-electron chi connectivity index (χ0n) is 18.0. The Balaban J connectivity index is 1.38. The summed E-state index contributed by atoms with van der Waals surface area (Å²) in [5.41, 5.74) is 4.25. The maximum atomic E-state index is 12.2. The first-order chi connectivity index (χ1) is 15.0. The first-order valence-corrected chi connectivity index (χ1v) is 11.4. The number of aryl methyl sites for hydroxylation is 3. The predicted molar refractivity (Wildman–Crippen MR) is 125 cm³/mol. The highest BCUT2D eigenvalue weighted by atomic mass is 32.1. The van der Waals surface area contributed by atoms with Crippen LogP contribution in [0, 0.1) is 6.92 Å². The molecular formula is C23H26N6OS. The van der Waals surface area contributed by atoms with Gasteiger partial charge in [0.2, 0.25) is 0 Å². The number of aromatic nitrogens is 4. The fourth-order valence-corrected chi connectivity index (χ4v) is 5.14. The molecule has 3 aromatic heterocycles. The molecule has 0 spiro atoms. The molecule has 0 unspecified atom stereocenters. The van der Waals surface area contributed by atoms with Crippen LogP contribution >= 0.6 is 11.3 Å². The molecule has 1 N–H and O–H groups in total. The second-order valence-electron chi connectivity index (χ2n) is 8.20. The van der Waals surface area contributed by atoms with Crippen molar-refractivity contribution < 1.29 is 0 Å². The van der Waals surface area contributed by atoms with E-state index in [1.165, 1.54) is 10.4 Å². The summed E-state index contributed by atoms with van der Waals surface area (Å²) >= 11 is 1.63. The molecule has 0 amide bonds. The van der Waals surface area contributed by atoms with Crippen LogP contribution in [0.4, 0.5) is 10.9 Å². The zero-order valence-corrected chi connectivity index (χ0v) is 18.8. The van der Waals surface area contributed by atoms with Gasteiger partial charge in [-0.25, -0.2) is 14.8 Å². The quantitative estimate of drug-likeness (QED) is 0.512. The Hall–Kier alpha value is -2.97. The van der Waals surface area contributed by atoms with E-state index < -0.39 is 0 Å². The van der Waals surface area contributed by atoms with Gasteiger partial charge in [0.25, 0.3) is 0 Å². The molecule has 0 saturated carbocycles. The van der Waals surface area contributed by atoms with Crippen molar-refractivity contribution in [2.24, 2.45) is 14.1 Å². The lowest BCUT2D eigenvalue weighted by Gasteiger charge is -2.24. The third-order valence-electron chi connectivity index (χ3n) is 6.05. The zero-order chi connectivity index (χ0) is 21.5. The number of fused-ring (bicyclic) bond motifs is 1. The molecule has 4 heterocycles. The van der Waals surface area contributed by atoms with E-state index in [0.717, 1.165) is 53.6 Å². The number of thiazole rings is 1. The minimum absolute atomic E-state index is 0.00939. The lowest BCUT2D eigenvalue weighted by atomic mass is 10.1.